The lowest BCUT2D eigenvalue weighted by Gasteiger charge is -2.17. The van der Waals surface area contributed by atoms with Gasteiger partial charge in [-0.05, 0) is 29.0 Å². The third kappa shape index (κ3) is 5.79. The quantitative estimate of drug-likeness (QED) is 0.426. The number of esters is 1. The van der Waals surface area contributed by atoms with Crippen LogP contribution in [0, 0.1) is 0 Å². The molecule has 0 bridgehead atoms. The van der Waals surface area contributed by atoms with Gasteiger partial charge < -0.3 is 10.1 Å². The van der Waals surface area contributed by atoms with Crippen LogP contribution in [0.25, 0.3) is 0 Å². The van der Waals surface area contributed by atoms with Gasteiger partial charge in [-0.1, -0.05) is 66.7 Å². The maximum absolute atomic E-state index is 12.4. The summed E-state index contributed by atoms with van der Waals surface area (Å²) in [6, 6.07) is 23.6. The molecule has 1 aromatic heterocycles. The fraction of sp³-hybridized carbons (Fsp3) is 0.217. The third-order valence-corrected chi connectivity index (χ3v) is 5.26. The zero-order valence-electron chi connectivity index (χ0n) is 15.5. The highest BCUT2D eigenvalue weighted by atomic mass is 32.1. The molecule has 0 saturated heterocycles. The van der Waals surface area contributed by atoms with Gasteiger partial charge >= 0.3 is 5.97 Å². The van der Waals surface area contributed by atoms with Crippen molar-refractivity contribution in [2.45, 2.75) is 18.8 Å². The maximum atomic E-state index is 12.4. The van der Waals surface area contributed by atoms with Crippen molar-refractivity contribution < 1.29 is 14.3 Å². The van der Waals surface area contributed by atoms with Crippen LogP contribution in [0.3, 0.4) is 0 Å². The van der Waals surface area contributed by atoms with Gasteiger partial charge in [0.2, 0.25) is 0 Å². The Kier molecular flexibility index (Phi) is 7.38. The second kappa shape index (κ2) is 10.4. The largest absolute Gasteiger partial charge is 0.466 e. The normalized spacial score (nSPS) is 10.6. The van der Waals surface area contributed by atoms with Crippen molar-refractivity contribution in [3.63, 3.8) is 0 Å². The molecule has 0 fully saturated rings. The molecule has 1 heterocycles. The molecule has 0 aliphatic carbocycles. The van der Waals surface area contributed by atoms with Crippen molar-refractivity contribution in [3.05, 3.63) is 94.2 Å². The van der Waals surface area contributed by atoms with Gasteiger partial charge in [-0.15, -0.1) is 11.3 Å². The van der Waals surface area contributed by atoms with Crippen LogP contribution < -0.4 is 5.32 Å². The summed E-state index contributed by atoms with van der Waals surface area (Å²) in [5.74, 6) is -0.356. The van der Waals surface area contributed by atoms with E-state index in [1.54, 1.807) is 6.07 Å². The minimum absolute atomic E-state index is 0.0339. The fourth-order valence-corrected chi connectivity index (χ4v) is 3.62. The van der Waals surface area contributed by atoms with Crippen LogP contribution >= 0.6 is 11.3 Å². The second-order valence-corrected chi connectivity index (χ2v) is 7.33. The molecule has 0 aliphatic heterocycles. The molecule has 28 heavy (non-hydrogen) atoms. The number of hydrogen-bond acceptors (Lipinski definition) is 4. The first-order valence-electron chi connectivity index (χ1n) is 9.31. The van der Waals surface area contributed by atoms with Crippen LogP contribution in [0.15, 0.2) is 78.2 Å². The van der Waals surface area contributed by atoms with E-state index in [0.717, 1.165) is 11.1 Å². The number of rotatable bonds is 9. The topological polar surface area (TPSA) is 55.4 Å². The molecule has 2 aromatic carbocycles. The Labute approximate surface area is 169 Å². The van der Waals surface area contributed by atoms with Gasteiger partial charge in [0.1, 0.15) is 0 Å². The van der Waals surface area contributed by atoms with Gasteiger partial charge in [0.05, 0.1) is 17.9 Å². The molecule has 5 heteroatoms. The Morgan fingerprint density at radius 2 is 1.54 bits per heavy atom. The summed E-state index contributed by atoms with van der Waals surface area (Å²) in [7, 11) is 0. The minimum Gasteiger partial charge on any atom is -0.466 e. The standard InChI is InChI=1S/C23H23NO3S/c25-22(27-15-8-14-24-23(26)21-13-7-16-28-21)17-20(18-9-3-1-4-10-18)19-11-5-2-6-12-19/h1-7,9-13,16,20H,8,14-15,17H2,(H,24,26). The van der Waals surface area contributed by atoms with E-state index in [9.17, 15) is 9.59 Å². The summed E-state index contributed by atoms with van der Waals surface area (Å²) in [6.07, 6.45) is 0.875. The number of benzene rings is 2. The molecular formula is C23H23NO3S. The smallest absolute Gasteiger partial charge is 0.306 e. The zero-order chi connectivity index (χ0) is 19.6. The summed E-state index contributed by atoms with van der Waals surface area (Å²) in [6.45, 7) is 0.769. The molecule has 0 saturated carbocycles. The number of carbonyl (C=O) groups excluding carboxylic acids is 2. The second-order valence-electron chi connectivity index (χ2n) is 6.39. The summed E-state index contributed by atoms with van der Waals surface area (Å²) >= 11 is 1.40. The minimum atomic E-state index is -0.234. The highest BCUT2D eigenvalue weighted by Crippen LogP contribution is 2.28. The van der Waals surface area contributed by atoms with Gasteiger partial charge in [-0.2, -0.15) is 0 Å². The van der Waals surface area contributed by atoms with Crippen LogP contribution in [0.4, 0.5) is 0 Å². The van der Waals surface area contributed by atoms with Crippen molar-refractivity contribution in [1.82, 2.24) is 5.32 Å². The van der Waals surface area contributed by atoms with Gasteiger partial charge in [-0.3, -0.25) is 9.59 Å². The van der Waals surface area contributed by atoms with Gasteiger partial charge in [0.15, 0.2) is 0 Å². The number of thiophene rings is 1. The van der Waals surface area contributed by atoms with E-state index < -0.39 is 0 Å². The van der Waals surface area contributed by atoms with Crippen molar-refractivity contribution in [2.24, 2.45) is 0 Å². The Morgan fingerprint density at radius 1 is 0.893 bits per heavy atom. The first-order chi connectivity index (χ1) is 13.7. The lowest BCUT2D eigenvalue weighted by atomic mass is 9.89. The van der Waals surface area contributed by atoms with Gasteiger partial charge in [0, 0.05) is 12.5 Å². The first kappa shape index (κ1) is 19.8. The average Bonchev–Trinajstić information content (AvgIpc) is 3.28. The molecule has 0 atom stereocenters. The number of amides is 1. The average molecular weight is 394 g/mol. The van der Waals surface area contributed by atoms with E-state index in [1.165, 1.54) is 11.3 Å². The molecule has 3 rings (SSSR count). The lowest BCUT2D eigenvalue weighted by Crippen LogP contribution is -2.24. The van der Waals surface area contributed by atoms with Crippen molar-refractivity contribution in [1.29, 1.82) is 0 Å². The fourth-order valence-electron chi connectivity index (χ4n) is 2.98. The van der Waals surface area contributed by atoms with E-state index in [2.05, 4.69) is 5.32 Å². The predicted octanol–water partition coefficient (Wildman–Crippen LogP) is 4.63. The van der Waals surface area contributed by atoms with Gasteiger partial charge in [-0.25, -0.2) is 0 Å². The molecule has 1 amide bonds. The monoisotopic (exact) mass is 393 g/mol. The van der Waals surface area contributed by atoms with E-state index >= 15 is 0 Å². The molecule has 1 N–H and O–H groups in total. The van der Waals surface area contributed by atoms with E-state index in [-0.39, 0.29) is 24.2 Å². The summed E-state index contributed by atoms with van der Waals surface area (Å²) in [4.78, 5) is 24.9. The Hall–Kier alpha value is -2.92. The highest BCUT2D eigenvalue weighted by Gasteiger charge is 2.18. The molecule has 0 unspecified atom stereocenters. The van der Waals surface area contributed by atoms with E-state index in [0.29, 0.717) is 24.4 Å². The van der Waals surface area contributed by atoms with Crippen LogP contribution in [-0.2, 0) is 9.53 Å². The van der Waals surface area contributed by atoms with E-state index in [4.69, 9.17) is 4.74 Å². The molecule has 0 radical (unpaired) electrons. The maximum Gasteiger partial charge on any atom is 0.306 e. The summed E-state index contributed by atoms with van der Waals surface area (Å²) in [5.41, 5.74) is 2.18. The van der Waals surface area contributed by atoms with Crippen LogP contribution in [-0.4, -0.2) is 25.0 Å². The number of ether oxygens (including phenoxy) is 1. The van der Waals surface area contributed by atoms with Crippen molar-refractivity contribution >= 4 is 23.2 Å². The van der Waals surface area contributed by atoms with Crippen LogP contribution in [0.5, 0.6) is 0 Å². The van der Waals surface area contributed by atoms with Crippen molar-refractivity contribution in [3.8, 4) is 0 Å². The molecule has 0 spiro atoms. The Bertz CT molecular complexity index is 824. The third-order valence-electron chi connectivity index (χ3n) is 4.39. The highest BCUT2D eigenvalue weighted by molar-refractivity contribution is 7.12. The van der Waals surface area contributed by atoms with E-state index in [1.807, 2.05) is 72.1 Å². The molecule has 144 valence electrons. The van der Waals surface area contributed by atoms with Gasteiger partial charge in [0.25, 0.3) is 5.91 Å². The zero-order valence-corrected chi connectivity index (χ0v) is 16.4. The lowest BCUT2D eigenvalue weighted by molar-refractivity contribution is -0.143. The van der Waals surface area contributed by atoms with Crippen LogP contribution in [0.2, 0.25) is 0 Å². The molecule has 0 aliphatic rings. The first-order valence-corrected chi connectivity index (χ1v) is 10.2. The Balaban J connectivity index is 1.47. The number of carbonyl (C=O) groups is 2. The molecule has 3 aromatic rings. The SMILES string of the molecule is O=C(CC(c1ccccc1)c1ccccc1)OCCCNC(=O)c1cccs1. The predicted molar refractivity (Wildman–Crippen MR) is 112 cm³/mol. The number of hydrogen-bond donors (Lipinski definition) is 1. The molecular weight excluding hydrogens is 370 g/mol. The Morgan fingerprint density at radius 3 is 2.11 bits per heavy atom. The van der Waals surface area contributed by atoms with Crippen LogP contribution in [0.1, 0.15) is 39.6 Å². The summed E-state index contributed by atoms with van der Waals surface area (Å²) < 4.78 is 5.40. The molecule has 4 nitrogen and oxygen atoms in total. The number of nitrogens with one attached hydrogen (secondary N) is 1. The van der Waals surface area contributed by atoms with Crippen molar-refractivity contribution in [2.75, 3.05) is 13.2 Å². The summed E-state index contributed by atoms with van der Waals surface area (Å²) in [5, 5.41) is 4.70.